The lowest BCUT2D eigenvalue weighted by atomic mass is 9.96. The standard InChI is InChI=1S/C20H28N2O4/c1-13(2)11-17(21-18(23)16-9-5-4-7-14(16)3)19(24)22-10-6-8-15(12-22)20(25)26/h4-5,7,9,13,15,17H,6,8,10-12H2,1-3H3,(H,21,23)(H,25,26). The largest absolute Gasteiger partial charge is 0.481 e. The monoisotopic (exact) mass is 360 g/mol. The van der Waals surface area contributed by atoms with Gasteiger partial charge in [-0.1, -0.05) is 32.0 Å². The van der Waals surface area contributed by atoms with Crippen molar-refractivity contribution in [2.75, 3.05) is 13.1 Å². The third-order valence-electron chi connectivity index (χ3n) is 4.78. The zero-order valence-electron chi connectivity index (χ0n) is 15.7. The highest BCUT2D eigenvalue weighted by molar-refractivity contribution is 5.98. The van der Waals surface area contributed by atoms with Gasteiger partial charge in [0.25, 0.3) is 5.91 Å². The maximum atomic E-state index is 13.0. The van der Waals surface area contributed by atoms with Crippen LogP contribution in [0, 0.1) is 18.8 Å². The van der Waals surface area contributed by atoms with Crippen LogP contribution in [-0.4, -0.2) is 46.9 Å². The number of carbonyl (C=O) groups is 3. The molecule has 2 rings (SSSR count). The molecule has 1 aliphatic heterocycles. The predicted octanol–water partition coefficient (Wildman–Crippen LogP) is 2.46. The first kappa shape index (κ1) is 19.9. The van der Waals surface area contributed by atoms with Gasteiger partial charge in [-0.05, 0) is 43.7 Å². The van der Waals surface area contributed by atoms with Gasteiger partial charge in [0.2, 0.25) is 5.91 Å². The van der Waals surface area contributed by atoms with Crippen LogP contribution in [0.5, 0.6) is 0 Å². The topological polar surface area (TPSA) is 86.7 Å². The predicted molar refractivity (Wildman–Crippen MR) is 98.8 cm³/mol. The number of benzene rings is 1. The van der Waals surface area contributed by atoms with E-state index in [0.717, 1.165) is 5.56 Å². The Balaban J connectivity index is 2.13. The quantitative estimate of drug-likeness (QED) is 0.816. The molecule has 2 amide bonds. The van der Waals surface area contributed by atoms with Gasteiger partial charge in [-0.3, -0.25) is 14.4 Å². The SMILES string of the molecule is Cc1ccccc1C(=O)NC(CC(C)C)C(=O)N1CCCC(C(=O)O)C1. The second kappa shape index (κ2) is 8.83. The first-order valence-electron chi connectivity index (χ1n) is 9.17. The number of hydrogen-bond donors (Lipinski definition) is 2. The van der Waals surface area contributed by atoms with Crippen LogP contribution >= 0.6 is 0 Å². The van der Waals surface area contributed by atoms with Gasteiger partial charge < -0.3 is 15.3 Å². The molecule has 1 aromatic rings. The summed E-state index contributed by atoms with van der Waals surface area (Å²) in [5, 5.41) is 12.1. The maximum Gasteiger partial charge on any atom is 0.308 e. The fourth-order valence-electron chi connectivity index (χ4n) is 3.36. The molecule has 0 bridgehead atoms. The second-order valence-electron chi connectivity index (χ2n) is 7.43. The maximum absolute atomic E-state index is 13.0. The Morgan fingerprint density at radius 1 is 1.27 bits per heavy atom. The van der Waals surface area contributed by atoms with E-state index in [2.05, 4.69) is 5.32 Å². The van der Waals surface area contributed by atoms with Crippen molar-refractivity contribution in [3.05, 3.63) is 35.4 Å². The van der Waals surface area contributed by atoms with Crippen LogP contribution in [0.4, 0.5) is 0 Å². The van der Waals surface area contributed by atoms with Crippen LogP contribution in [0.25, 0.3) is 0 Å². The molecule has 1 fully saturated rings. The van der Waals surface area contributed by atoms with Crippen molar-refractivity contribution in [2.24, 2.45) is 11.8 Å². The van der Waals surface area contributed by atoms with Crippen LogP contribution in [0.3, 0.4) is 0 Å². The zero-order chi connectivity index (χ0) is 19.3. The van der Waals surface area contributed by atoms with Crippen LogP contribution < -0.4 is 5.32 Å². The lowest BCUT2D eigenvalue weighted by Crippen LogP contribution is -2.52. The van der Waals surface area contributed by atoms with E-state index in [1.54, 1.807) is 17.0 Å². The van der Waals surface area contributed by atoms with E-state index in [1.807, 2.05) is 32.9 Å². The van der Waals surface area contributed by atoms with Gasteiger partial charge in [0.15, 0.2) is 0 Å². The summed E-state index contributed by atoms with van der Waals surface area (Å²) in [6, 6.07) is 6.61. The summed E-state index contributed by atoms with van der Waals surface area (Å²) in [6.45, 7) is 6.60. The van der Waals surface area contributed by atoms with Crippen molar-refractivity contribution in [1.29, 1.82) is 0 Å². The van der Waals surface area contributed by atoms with E-state index in [0.29, 0.717) is 31.4 Å². The van der Waals surface area contributed by atoms with E-state index in [4.69, 9.17) is 0 Å². The average molecular weight is 360 g/mol. The number of nitrogens with one attached hydrogen (secondary N) is 1. The first-order chi connectivity index (χ1) is 12.3. The van der Waals surface area contributed by atoms with Crippen LogP contribution in [0.1, 0.15) is 49.0 Å². The van der Waals surface area contributed by atoms with E-state index in [-0.39, 0.29) is 24.3 Å². The lowest BCUT2D eigenvalue weighted by Gasteiger charge is -2.34. The van der Waals surface area contributed by atoms with Crippen molar-refractivity contribution in [3.63, 3.8) is 0 Å². The highest BCUT2D eigenvalue weighted by Crippen LogP contribution is 2.19. The normalized spacial score (nSPS) is 18.5. The van der Waals surface area contributed by atoms with E-state index in [9.17, 15) is 19.5 Å². The molecule has 0 saturated carbocycles. The van der Waals surface area contributed by atoms with Gasteiger partial charge in [0.1, 0.15) is 6.04 Å². The minimum Gasteiger partial charge on any atom is -0.481 e. The summed E-state index contributed by atoms with van der Waals surface area (Å²) in [6.07, 6.45) is 1.77. The highest BCUT2D eigenvalue weighted by atomic mass is 16.4. The molecule has 1 saturated heterocycles. The number of rotatable bonds is 6. The first-order valence-corrected chi connectivity index (χ1v) is 9.17. The number of amides is 2. The Labute approximate surface area is 154 Å². The molecule has 6 heteroatoms. The summed E-state index contributed by atoms with van der Waals surface area (Å²) >= 11 is 0. The molecule has 2 N–H and O–H groups in total. The van der Waals surface area contributed by atoms with Gasteiger partial charge in [-0.2, -0.15) is 0 Å². The van der Waals surface area contributed by atoms with Crippen molar-refractivity contribution >= 4 is 17.8 Å². The number of likely N-dealkylation sites (tertiary alicyclic amines) is 1. The minimum atomic E-state index is -0.869. The molecule has 142 valence electrons. The third kappa shape index (κ3) is 5.07. The van der Waals surface area contributed by atoms with E-state index < -0.39 is 17.9 Å². The van der Waals surface area contributed by atoms with Gasteiger partial charge in [0, 0.05) is 18.7 Å². The highest BCUT2D eigenvalue weighted by Gasteiger charge is 2.33. The van der Waals surface area contributed by atoms with E-state index >= 15 is 0 Å². The molecule has 2 atom stereocenters. The molecular weight excluding hydrogens is 332 g/mol. The molecule has 0 aromatic heterocycles. The Morgan fingerprint density at radius 3 is 2.58 bits per heavy atom. The smallest absolute Gasteiger partial charge is 0.308 e. The Bertz CT molecular complexity index is 672. The third-order valence-corrected chi connectivity index (χ3v) is 4.78. The fraction of sp³-hybridized carbons (Fsp3) is 0.550. The summed E-state index contributed by atoms with van der Waals surface area (Å²) in [5.74, 6) is -1.63. The van der Waals surface area contributed by atoms with Crippen LogP contribution in [0.15, 0.2) is 24.3 Å². The zero-order valence-corrected chi connectivity index (χ0v) is 15.7. The Kier molecular flexibility index (Phi) is 6.77. The summed E-state index contributed by atoms with van der Waals surface area (Å²) in [4.78, 5) is 38.5. The molecule has 1 aliphatic rings. The average Bonchev–Trinajstić information content (AvgIpc) is 2.60. The van der Waals surface area contributed by atoms with Crippen LogP contribution in [0.2, 0.25) is 0 Å². The molecule has 2 unspecified atom stereocenters. The molecule has 0 radical (unpaired) electrons. The van der Waals surface area contributed by atoms with Crippen molar-refractivity contribution in [3.8, 4) is 0 Å². The molecule has 26 heavy (non-hydrogen) atoms. The molecule has 6 nitrogen and oxygen atoms in total. The van der Waals surface area contributed by atoms with Crippen molar-refractivity contribution < 1.29 is 19.5 Å². The second-order valence-corrected chi connectivity index (χ2v) is 7.43. The number of nitrogens with zero attached hydrogens (tertiary/aromatic N) is 1. The van der Waals surface area contributed by atoms with Gasteiger partial charge in [-0.25, -0.2) is 0 Å². The number of aryl methyl sites for hydroxylation is 1. The molecule has 1 aromatic carbocycles. The number of hydrogen-bond acceptors (Lipinski definition) is 3. The summed E-state index contributed by atoms with van der Waals surface area (Å²) < 4.78 is 0. The minimum absolute atomic E-state index is 0.188. The van der Waals surface area contributed by atoms with Crippen LogP contribution in [-0.2, 0) is 9.59 Å². The summed E-state index contributed by atoms with van der Waals surface area (Å²) in [7, 11) is 0. The Morgan fingerprint density at radius 2 is 1.96 bits per heavy atom. The number of carboxylic acid groups (broad SMARTS) is 1. The molecular formula is C20H28N2O4. The molecule has 0 aliphatic carbocycles. The van der Waals surface area contributed by atoms with Crippen molar-refractivity contribution in [2.45, 2.75) is 46.1 Å². The molecule has 0 spiro atoms. The lowest BCUT2D eigenvalue weighted by molar-refractivity contribution is -0.146. The number of piperidine rings is 1. The summed E-state index contributed by atoms with van der Waals surface area (Å²) in [5.41, 5.74) is 1.40. The van der Waals surface area contributed by atoms with Gasteiger partial charge in [-0.15, -0.1) is 0 Å². The van der Waals surface area contributed by atoms with Crippen molar-refractivity contribution in [1.82, 2.24) is 10.2 Å². The van der Waals surface area contributed by atoms with Gasteiger partial charge >= 0.3 is 5.97 Å². The molecule has 1 heterocycles. The number of aliphatic carboxylic acids is 1. The fourth-order valence-corrected chi connectivity index (χ4v) is 3.36. The number of carboxylic acids is 1. The number of carbonyl (C=O) groups excluding carboxylic acids is 2. The van der Waals surface area contributed by atoms with Gasteiger partial charge in [0.05, 0.1) is 5.92 Å². The Hall–Kier alpha value is -2.37. The van der Waals surface area contributed by atoms with E-state index in [1.165, 1.54) is 0 Å².